The Morgan fingerprint density at radius 3 is 2.82 bits per heavy atom. The second-order valence-electron chi connectivity index (χ2n) is 3.90. The summed E-state index contributed by atoms with van der Waals surface area (Å²) in [5.74, 6) is -1.20. The van der Waals surface area contributed by atoms with Crippen molar-refractivity contribution in [2.75, 3.05) is 18.0 Å². The van der Waals surface area contributed by atoms with Gasteiger partial charge >= 0.3 is 5.97 Å². The van der Waals surface area contributed by atoms with Crippen LogP contribution >= 0.6 is 0 Å². The lowest BCUT2D eigenvalue weighted by atomic mass is 10.1. The van der Waals surface area contributed by atoms with E-state index < -0.39 is 5.97 Å². The van der Waals surface area contributed by atoms with Crippen LogP contribution in [0, 0.1) is 5.92 Å². The summed E-state index contributed by atoms with van der Waals surface area (Å²) in [6.07, 6.45) is 3.33. The number of carbonyl (C=O) groups excluding carboxylic acids is 1. The predicted octanol–water partition coefficient (Wildman–Crippen LogP) is -0.514. The number of nitrogens with zero attached hydrogens (tertiary/aromatic N) is 3. The normalized spacial score (nSPS) is 19.3. The number of carbonyl (C=O) groups is 2. The number of nitrogens with two attached hydrogens (primary N) is 1. The van der Waals surface area contributed by atoms with Gasteiger partial charge < -0.3 is 15.7 Å². The fourth-order valence-corrected chi connectivity index (χ4v) is 1.81. The fourth-order valence-electron chi connectivity index (χ4n) is 1.81. The van der Waals surface area contributed by atoms with Crippen LogP contribution in [0.25, 0.3) is 0 Å². The highest BCUT2D eigenvalue weighted by atomic mass is 16.4. The first kappa shape index (κ1) is 11.3. The summed E-state index contributed by atoms with van der Waals surface area (Å²) < 4.78 is 0. The van der Waals surface area contributed by atoms with E-state index in [1.807, 2.05) is 4.90 Å². The van der Waals surface area contributed by atoms with Crippen molar-refractivity contribution < 1.29 is 14.7 Å². The summed E-state index contributed by atoms with van der Waals surface area (Å²) >= 11 is 0. The van der Waals surface area contributed by atoms with Crippen molar-refractivity contribution >= 4 is 17.7 Å². The zero-order valence-electron chi connectivity index (χ0n) is 9.04. The molecule has 1 amide bonds. The molecule has 90 valence electrons. The first-order valence-corrected chi connectivity index (χ1v) is 5.17. The Bertz CT molecular complexity index is 463. The van der Waals surface area contributed by atoms with Crippen molar-refractivity contribution in [2.24, 2.45) is 11.7 Å². The second kappa shape index (κ2) is 4.36. The number of aromatic carboxylic acids is 1. The topological polar surface area (TPSA) is 109 Å². The van der Waals surface area contributed by atoms with Crippen molar-refractivity contribution in [3.05, 3.63) is 18.1 Å². The molecule has 0 aliphatic carbocycles. The van der Waals surface area contributed by atoms with E-state index in [1.165, 1.54) is 12.4 Å². The minimum Gasteiger partial charge on any atom is -0.476 e. The Balaban J connectivity index is 2.16. The molecular weight excluding hydrogens is 224 g/mol. The maximum absolute atomic E-state index is 11.0. The van der Waals surface area contributed by atoms with Gasteiger partial charge in [-0.05, 0) is 6.42 Å². The van der Waals surface area contributed by atoms with Crippen LogP contribution in [0.4, 0.5) is 5.82 Å². The lowest BCUT2D eigenvalue weighted by molar-refractivity contribution is -0.121. The van der Waals surface area contributed by atoms with Gasteiger partial charge in [0.25, 0.3) is 0 Å². The SMILES string of the molecule is NC(=O)C1CCN(c2cncc(C(=O)O)n2)C1. The molecule has 3 N–H and O–H groups in total. The van der Waals surface area contributed by atoms with E-state index in [9.17, 15) is 9.59 Å². The van der Waals surface area contributed by atoms with Gasteiger partial charge in [-0.3, -0.25) is 9.78 Å². The maximum atomic E-state index is 11.0. The molecule has 1 aliphatic heterocycles. The zero-order valence-corrected chi connectivity index (χ0v) is 9.04. The maximum Gasteiger partial charge on any atom is 0.356 e. The van der Waals surface area contributed by atoms with Crippen molar-refractivity contribution in [3.8, 4) is 0 Å². The molecule has 1 fully saturated rings. The molecule has 0 spiro atoms. The van der Waals surface area contributed by atoms with Gasteiger partial charge in [0.15, 0.2) is 5.69 Å². The van der Waals surface area contributed by atoms with E-state index >= 15 is 0 Å². The lowest BCUT2D eigenvalue weighted by Crippen LogP contribution is -2.28. The van der Waals surface area contributed by atoms with Crippen molar-refractivity contribution in [3.63, 3.8) is 0 Å². The fraction of sp³-hybridized carbons (Fsp3) is 0.400. The van der Waals surface area contributed by atoms with Gasteiger partial charge in [0.05, 0.1) is 18.3 Å². The van der Waals surface area contributed by atoms with Crippen LogP contribution < -0.4 is 10.6 Å². The van der Waals surface area contributed by atoms with Crippen molar-refractivity contribution in [1.82, 2.24) is 9.97 Å². The van der Waals surface area contributed by atoms with Gasteiger partial charge in [0.2, 0.25) is 5.91 Å². The van der Waals surface area contributed by atoms with Crippen LogP contribution in [-0.4, -0.2) is 40.0 Å². The molecule has 17 heavy (non-hydrogen) atoms. The third kappa shape index (κ3) is 2.32. The molecule has 2 rings (SSSR count). The molecule has 1 atom stereocenters. The molecule has 1 aromatic rings. The van der Waals surface area contributed by atoms with Crippen molar-refractivity contribution in [2.45, 2.75) is 6.42 Å². The van der Waals surface area contributed by atoms with E-state index in [0.717, 1.165) is 0 Å². The molecule has 1 aliphatic rings. The molecule has 7 heteroatoms. The molecule has 1 unspecified atom stereocenters. The number of hydrogen-bond donors (Lipinski definition) is 2. The minimum absolute atomic E-state index is 0.106. The van der Waals surface area contributed by atoms with E-state index in [0.29, 0.717) is 25.3 Å². The summed E-state index contributed by atoms with van der Waals surface area (Å²) in [5.41, 5.74) is 5.11. The molecule has 2 heterocycles. The quantitative estimate of drug-likeness (QED) is 0.731. The number of amides is 1. The molecule has 0 bridgehead atoms. The summed E-state index contributed by atoms with van der Waals surface area (Å²) in [5, 5.41) is 8.80. The summed E-state index contributed by atoms with van der Waals surface area (Å²) in [6, 6.07) is 0. The molecule has 7 nitrogen and oxygen atoms in total. The summed E-state index contributed by atoms with van der Waals surface area (Å²) in [6.45, 7) is 1.10. The first-order valence-electron chi connectivity index (χ1n) is 5.17. The van der Waals surface area contributed by atoms with E-state index in [-0.39, 0.29) is 17.5 Å². The average molecular weight is 236 g/mol. The van der Waals surface area contributed by atoms with E-state index in [2.05, 4.69) is 9.97 Å². The molecular formula is C10H12N4O3. The molecule has 1 aromatic heterocycles. The monoisotopic (exact) mass is 236 g/mol. The summed E-state index contributed by atoms with van der Waals surface area (Å²) in [4.78, 5) is 31.4. The molecule has 1 saturated heterocycles. The average Bonchev–Trinajstić information content (AvgIpc) is 2.78. The highest BCUT2D eigenvalue weighted by Gasteiger charge is 2.27. The zero-order chi connectivity index (χ0) is 12.4. The van der Waals surface area contributed by atoms with Gasteiger partial charge in [-0.25, -0.2) is 9.78 Å². The number of rotatable bonds is 3. The highest BCUT2D eigenvalue weighted by Crippen LogP contribution is 2.21. The van der Waals surface area contributed by atoms with E-state index in [4.69, 9.17) is 10.8 Å². The van der Waals surface area contributed by atoms with Crippen LogP contribution in [-0.2, 0) is 4.79 Å². The Morgan fingerprint density at radius 1 is 1.47 bits per heavy atom. The Kier molecular flexibility index (Phi) is 2.90. The Labute approximate surface area is 97.3 Å². The minimum atomic E-state index is -1.12. The lowest BCUT2D eigenvalue weighted by Gasteiger charge is -2.16. The standard InChI is InChI=1S/C10H12N4O3/c11-9(15)6-1-2-14(5-6)8-4-12-3-7(13-8)10(16)17/h3-4,6H,1-2,5H2,(H2,11,15)(H,16,17). The van der Waals surface area contributed by atoms with E-state index in [1.54, 1.807) is 0 Å². The van der Waals surface area contributed by atoms with Gasteiger partial charge in [0, 0.05) is 13.1 Å². The number of carboxylic acids is 1. The number of aromatic nitrogens is 2. The number of carboxylic acid groups (broad SMARTS) is 1. The van der Waals surface area contributed by atoms with Gasteiger partial charge in [-0.2, -0.15) is 0 Å². The van der Waals surface area contributed by atoms with Gasteiger partial charge in [0.1, 0.15) is 5.82 Å². The van der Waals surface area contributed by atoms with Crippen molar-refractivity contribution in [1.29, 1.82) is 0 Å². The predicted molar refractivity (Wildman–Crippen MR) is 58.5 cm³/mol. The van der Waals surface area contributed by atoms with Crippen LogP contribution in [0.5, 0.6) is 0 Å². The van der Waals surface area contributed by atoms with Gasteiger partial charge in [-0.1, -0.05) is 0 Å². The number of primary amides is 1. The number of anilines is 1. The smallest absolute Gasteiger partial charge is 0.356 e. The Morgan fingerprint density at radius 2 is 2.24 bits per heavy atom. The van der Waals surface area contributed by atoms with Crippen LogP contribution in [0.3, 0.4) is 0 Å². The van der Waals surface area contributed by atoms with Gasteiger partial charge in [-0.15, -0.1) is 0 Å². The Hall–Kier alpha value is -2.18. The largest absolute Gasteiger partial charge is 0.476 e. The number of hydrogen-bond acceptors (Lipinski definition) is 5. The highest BCUT2D eigenvalue weighted by molar-refractivity contribution is 5.85. The van der Waals surface area contributed by atoms with Crippen LogP contribution in [0.2, 0.25) is 0 Å². The molecule has 0 aromatic carbocycles. The second-order valence-corrected chi connectivity index (χ2v) is 3.90. The molecule has 0 radical (unpaired) electrons. The third-order valence-corrected chi connectivity index (χ3v) is 2.76. The van der Waals surface area contributed by atoms with Crippen LogP contribution in [0.15, 0.2) is 12.4 Å². The molecule has 0 saturated carbocycles. The van der Waals surface area contributed by atoms with Crippen LogP contribution in [0.1, 0.15) is 16.9 Å². The summed E-state index contributed by atoms with van der Waals surface area (Å²) in [7, 11) is 0. The third-order valence-electron chi connectivity index (χ3n) is 2.76. The first-order chi connectivity index (χ1) is 8.08.